The van der Waals surface area contributed by atoms with E-state index in [1.54, 1.807) is 7.11 Å². The highest BCUT2D eigenvalue weighted by Gasteiger charge is 2.04. The fourth-order valence-electron chi connectivity index (χ4n) is 2.11. The second kappa shape index (κ2) is 7.59. The molecule has 3 aromatic rings. The van der Waals surface area contributed by atoms with Gasteiger partial charge in [0.05, 0.1) is 18.5 Å². The van der Waals surface area contributed by atoms with Gasteiger partial charge in [-0.1, -0.05) is 28.1 Å². The maximum Gasteiger partial charge on any atom is 0.203 e. The Morgan fingerprint density at radius 1 is 1.12 bits per heavy atom. The lowest BCUT2D eigenvalue weighted by atomic mass is 10.1. The van der Waals surface area contributed by atoms with Crippen LogP contribution in [0.1, 0.15) is 12.5 Å². The Kier molecular flexibility index (Phi) is 5.27. The Hall–Kier alpha value is -2.18. The predicted octanol–water partition coefficient (Wildman–Crippen LogP) is 5.42. The molecule has 0 aliphatic carbocycles. The van der Waals surface area contributed by atoms with Crippen molar-refractivity contribution in [2.75, 3.05) is 12.5 Å². The van der Waals surface area contributed by atoms with Gasteiger partial charge < -0.3 is 4.74 Å². The molecular weight excluding hydrogens is 386 g/mol. The highest BCUT2D eigenvalue weighted by molar-refractivity contribution is 9.10. The van der Waals surface area contributed by atoms with E-state index in [9.17, 15) is 0 Å². The summed E-state index contributed by atoms with van der Waals surface area (Å²) in [6.07, 6.45) is 0. The second-order valence-electron chi connectivity index (χ2n) is 5.08. The van der Waals surface area contributed by atoms with Crippen LogP contribution in [0.5, 0.6) is 5.75 Å². The van der Waals surface area contributed by atoms with Crippen LogP contribution in [0.3, 0.4) is 0 Å². The number of ether oxygens (including phenoxy) is 1. The van der Waals surface area contributed by atoms with Gasteiger partial charge in [0.2, 0.25) is 5.13 Å². The number of thiazole rings is 1. The van der Waals surface area contributed by atoms with Gasteiger partial charge in [0.15, 0.2) is 0 Å². The number of rotatable bonds is 5. The average Bonchev–Trinajstić information content (AvgIpc) is 3.09. The monoisotopic (exact) mass is 401 g/mol. The molecule has 1 heterocycles. The number of nitrogens with zero attached hydrogens (tertiary/aromatic N) is 2. The zero-order valence-corrected chi connectivity index (χ0v) is 15.7. The molecule has 0 amide bonds. The molecule has 0 unspecified atom stereocenters. The molecular formula is C18H16BrN3OS. The van der Waals surface area contributed by atoms with Crippen molar-refractivity contribution in [3.8, 4) is 17.0 Å². The van der Waals surface area contributed by atoms with Gasteiger partial charge in [-0.05, 0) is 48.9 Å². The van der Waals surface area contributed by atoms with Crippen LogP contribution < -0.4 is 10.2 Å². The summed E-state index contributed by atoms with van der Waals surface area (Å²) in [7, 11) is 1.66. The lowest BCUT2D eigenvalue weighted by Crippen LogP contribution is -1.99. The number of aromatic nitrogens is 1. The van der Waals surface area contributed by atoms with Gasteiger partial charge in [0.25, 0.3) is 0 Å². The van der Waals surface area contributed by atoms with E-state index in [1.165, 1.54) is 11.3 Å². The average molecular weight is 402 g/mol. The van der Waals surface area contributed by atoms with Crippen molar-refractivity contribution in [3.05, 3.63) is 63.9 Å². The first-order chi connectivity index (χ1) is 11.7. The van der Waals surface area contributed by atoms with Crippen LogP contribution in [0.15, 0.2) is 63.5 Å². The van der Waals surface area contributed by atoms with E-state index in [0.29, 0.717) is 0 Å². The number of anilines is 1. The van der Waals surface area contributed by atoms with Crippen molar-refractivity contribution in [1.29, 1.82) is 0 Å². The third kappa shape index (κ3) is 4.01. The van der Waals surface area contributed by atoms with Crippen LogP contribution in [0.25, 0.3) is 11.3 Å². The summed E-state index contributed by atoms with van der Waals surface area (Å²) >= 11 is 4.97. The minimum atomic E-state index is 0.765. The smallest absolute Gasteiger partial charge is 0.203 e. The molecule has 1 N–H and O–H groups in total. The maximum atomic E-state index is 5.16. The number of methoxy groups -OCH3 is 1. The summed E-state index contributed by atoms with van der Waals surface area (Å²) < 4.78 is 6.22. The third-order valence-electron chi connectivity index (χ3n) is 3.47. The summed E-state index contributed by atoms with van der Waals surface area (Å²) in [5, 5.41) is 7.19. The summed E-state index contributed by atoms with van der Waals surface area (Å²) in [6, 6.07) is 15.9. The van der Waals surface area contributed by atoms with E-state index in [0.717, 1.165) is 37.9 Å². The lowest BCUT2D eigenvalue weighted by molar-refractivity contribution is 0.415. The summed E-state index contributed by atoms with van der Waals surface area (Å²) in [5.74, 6) is 0.832. The summed E-state index contributed by atoms with van der Waals surface area (Å²) in [4.78, 5) is 4.57. The summed E-state index contributed by atoms with van der Waals surface area (Å²) in [6.45, 7) is 1.96. The Morgan fingerprint density at radius 2 is 1.83 bits per heavy atom. The van der Waals surface area contributed by atoms with Gasteiger partial charge in [-0.25, -0.2) is 4.98 Å². The van der Waals surface area contributed by atoms with Crippen LogP contribution in [-0.4, -0.2) is 17.8 Å². The Balaban J connectivity index is 1.70. The molecule has 0 saturated heterocycles. The molecule has 0 fully saturated rings. The first-order valence-corrected chi connectivity index (χ1v) is 8.99. The van der Waals surface area contributed by atoms with Crippen molar-refractivity contribution < 1.29 is 4.74 Å². The molecule has 0 aliphatic rings. The predicted molar refractivity (Wildman–Crippen MR) is 104 cm³/mol. The standard InChI is InChI=1S/C18H16BrN3OS/c1-12(13-5-9-16(23-2)10-6-13)21-22-18-20-17(11-24-18)14-3-7-15(19)8-4-14/h3-11H,1-2H3,(H,20,22)/b21-12-. The van der Waals surface area contributed by atoms with Gasteiger partial charge in [-0.15, -0.1) is 11.3 Å². The zero-order valence-electron chi connectivity index (χ0n) is 13.3. The molecule has 3 rings (SSSR count). The number of nitrogens with one attached hydrogen (secondary N) is 1. The van der Waals surface area contributed by atoms with Gasteiger partial charge in [-0.2, -0.15) is 5.10 Å². The number of hydrazone groups is 1. The highest BCUT2D eigenvalue weighted by atomic mass is 79.9. The van der Waals surface area contributed by atoms with E-state index >= 15 is 0 Å². The zero-order chi connectivity index (χ0) is 16.9. The van der Waals surface area contributed by atoms with Gasteiger partial charge in [-0.3, -0.25) is 5.43 Å². The normalized spacial score (nSPS) is 11.4. The van der Waals surface area contributed by atoms with Gasteiger partial charge in [0.1, 0.15) is 5.75 Å². The number of hydrogen-bond acceptors (Lipinski definition) is 5. The molecule has 0 saturated carbocycles. The van der Waals surface area contributed by atoms with Crippen molar-refractivity contribution in [2.45, 2.75) is 6.92 Å². The fraction of sp³-hybridized carbons (Fsp3) is 0.111. The van der Waals surface area contributed by atoms with Crippen LogP contribution in [0, 0.1) is 0 Å². The van der Waals surface area contributed by atoms with Crippen LogP contribution >= 0.6 is 27.3 Å². The number of benzene rings is 2. The lowest BCUT2D eigenvalue weighted by Gasteiger charge is -2.03. The van der Waals surface area contributed by atoms with Gasteiger partial charge >= 0.3 is 0 Å². The Bertz CT molecular complexity index is 841. The molecule has 2 aromatic carbocycles. The van der Waals surface area contributed by atoms with E-state index in [4.69, 9.17) is 4.74 Å². The minimum absolute atomic E-state index is 0.765. The maximum absolute atomic E-state index is 5.16. The Morgan fingerprint density at radius 3 is 2.50 bits per heavy atom. The van der Waals surface area contributed by atoms with Crippen molar-refractivity contribution in [3.63, 3.8) is 0 Å². The molecule has 24 heavy (non-hydrogen) atoms. The van der Waals surface area contributed by atoms with Gasteiger partial charge in [0, 0.05) is 15.4 Å². The quantitative estimate of drug-likeness (QED) is 0.458. The molecule has 0 spiro atoms. The minimum Gasteiger partial charge on any atom is -0.497 e. The topological polar surface area (TPSA) is 46.5 Å². The van der Waals surface area contributed by atoms with E-state index in [1.807, 2.05) is 60.8 Å². The molecule has 122 valence electrons. The highest BCUT2D eigenvalue weighted by Crippen LogP contribution is 2.26. The van der Waals surface area contributed by atoms with Crippen molar-refractivity contribution in [2.24, 2.45) is 5.10 Å². The first-order valence-electron chi connectivity index (χ1n) is 7.32. The largest absolute Gasteiger partial charge is 0.497 e. The fourth-order valence-corrected chi connectivity index (χ4v) is 3.03. The third-order valence-corrected chi connectivity index (χ3v) is 4.75. The summed E-state index contributed by atoms with van der Waals surface area (Å²) in [5.41, 5.74) is 6.97. The van der Waals surface area contributed by atoms with Crippen molar-refractivity contribution >= 4 is 38.1 Å². The molecule has 0 aliphatic heterocycles. The first kappa shape index (κ1) is 16.7. The van der Waals surface area contributed by atoms with E-state index < -0.39 is 0 Å². The molecule has 1 aromatic heterocycles. The molecule has 4 nitrogen and oxygen atoms in total. The molecule has 6 heteroatoms. The number of hydrogen-bond donors (Lipinski definition) is 1. The molecule has 0 bridgehead atoms. The van der Waals surface area contributed by atoms with Crippen LogP contribution in [0.2, 0.25) is 0 Å². The second-order valence-corrected chi connectivity index (χ2v) is 6.86. The SMILES string of the molecule is COc1ccc(/C(C)=N\Nc2nc(-c3ccc(Br)cc3)cs2)cc1. The molecule has 0 radical (unpaired) electrons. The van der Waals surface area contributed by atoms with Crippen LogP contribution in [0.4, 0.5) is 5.13 Å². The Labute approximate surface area is 153 Å². The van der Waals surface area contributed by atoms with Crippen LogP contribution in [-0.2, 0) is 0 Å². The van der Waals surface area contributed by atoms with E-state index in [2.05, 4.69) is 31.4 Å². The van der Waals surface area contributed by atoms with E-state index in [-0.39, 0.29) is 0 Å². The number of halogens is 1. The molecule has 0 atom stereocenters. The van der Waals surface area contributed by atoms with Crippen molar-refractivity contribution in [1.82, 2.24) is 4.98 Å².